The zero-order chi connectivity index (χ0) is 21.6. The van der Waals surface area contributed by atoms with Gasteiger partial charge in [-0.1, -0.05) is 30.3 Å². The third-order valence-corrected chi connectivity index (χ3v) is 5.53. The zero-order valence-corrected chi connectivity index (χ0v) is 17.8. The van der Waals surface area contributed by atoms with Crippen LogP contribution in [0.25, 0.3) is 5.69 Å². The molecule has 2 aromatic carbocycles. The van der Waals surface area contributed by atoms with Gasteiger partial charge >= 0.3 is 0 Å². The second kappa shape index (κ2) is 9.60. The number of hydrogen-bond acceptors (Lipinski definition) is 4. The molecular weight excluding hydrogens is 390 g/mol. The minimum Gasteiger partial charge on any atom is -0.484 e. The molecule has 1 aliphatic carbocycles. The first kappa shape index (κ1) is 20.8. The number of ether oxygens (including phenoxy) is 1. The minimum absolute atomic E-state index is 0.0472. The highest BCUT2D eigenvalue weighted by molar-refractivity contribution is 5.77. The lowest BCUT2D eigenvalue weighted by atomic mass is 10.1. The SMILES string of the molecule is CC(=O)CCc1ccc(OCC(=O)NCc2nn(-c3ccccc3)c3c2CCC3)cc1. The first-order valence-electron chi connectivity index (χ1n) is 10.7. The Balaban J connectivity index is 1.31. The quantitative estimate of drug-likeness (QED) is 0.578. The molecule has 0 spiro atoms. The molecule has 0 saturated carbocycles. The van der Waals surface area contributed by atoms with E-state index in [1.165, 1.54) is 11.3 Å². The van der Waals surface area contributed by atoms with Gasteiger partial charge in [-0.25, -0.2) is 4.68 Å². The highest BCUT2D eigenvalue weighted by atomic mass is 16.5. The summed E-state index contributed by atoms with van der Waals surface area (Å²) in [6.07, 6.45) is 4.38. The van der Waals surface area contributed by atoms with Crippen LogP contribution in [0.15, 0.2) is 54.6 Å². The van der Waals surface area contributed by atoms with E-state index in [-0.39, 0.29) is 18.3 Å². The van der Waals surface area contributed by atoms with Gasteiger partial charge in [-0.3, -0.25) is 4.79 Å². The second-order valence-electron chi connectivity index (χ2n) is 7.88. The third-order valence-electron chi connectivity index (χ3n) is 5.53. The summed E-state index contributed by atoms with van der Waals surface area (Å²) >= 11 is 0. The number of hydrogen-bond donors (Lipinski definition) is 1. The lowest BCUT2D eigenvalue weighted by Crippen LogP contribution is -2.29. The second-order valence-corrected chi connectivity index (χ2v) is 7.88. The minimum atomic E-state index is -0.179. The van der Waals surface area contributed by atoms with Crippen LogP contribution < -0.4 is 10.1 Å². The monoisotopic (exact) mass is 417 g/mol. The van der Waals surface area contributed by atoms with E-state index in [1.54, 1.807) is 6.92 Å². The number of aryl methyl sites for hydroxylation is 1. The van der Waals surface area contributed by atoms with Crippen molar-refractivity contribution in [3.05, 3.63) is 77.1 Å². The summed E-state index contributed by atoms with van der Waals surface area (Å²) in [6.45, 7) is 1.94. The Morgan fingerprint density at radius 3 is 2.58 bits per heavy atom. The molecule has 6 nitrogen and oxygen atoms in total. The largest absolute Gasteiger partial charge is 0.484 e. The van der Waals surface area contributed by atoms with E-state index < -0.39 is 0 Å². The van der Waals surface area contributed by atoms with Gasteiger partial charge < -0.3 is 14.8 Å². The van der Waals surface area contributed by atoms with Crippen LogP contribution in [0.4, 0.5) is 0 Å². The molecule has 3 aromatic rings. The highest BCUT2D eigenvalue weighted by Gasteiger charge is 2.23. The van der Waals surface area contributed by atoms with Gasteiger partial charge in [0.05, 0.1) is 17.9 Å². The van der Waals surface area contributed by atoms with Crippen molar-refractivity contribution < 1.29 is 14.3 Å². The summed E-state index contributed by atoms with van der Waals surface area (Å²) in [5, 5.41) is 7.70. The number of ketones is 1. The lowest BCUT2D eigenvalue weighted by molar-refractivity contribution is -0.123. The topological polar surface area (TPSA) is 73.2 Å². The number of carbonyl (C=O) groups is 2. The summed E-state index contributed by atoms with van der Waals surface area (Å²) in [7, 11) is 0. The number of amides is 1. The van der Waals surface area contributed by atoms with E-state index in [0.29, 0.717) is 18.7 Å². The first-order chi connectivity index (χ1) is 15.1. The van der Waals surface area contributed by atoms with Crippen LogP contribution in [-0.4, -0.2) is 28.1 Å². The molecule has 1 N–H and O–H groups in total. The van der Waals surface area contributed by atoms with E-state index in [9.17, 15) is 9.59 Å². The molecule has 1 amide bonds. The van der Waals surface area contributed by atoms with Gasteiger partial charge in [-0.2, -0.15) is 5.10 Å². The third kappa shape index (κ3) is 5.20. The number of aromatic nitrogens is 2. The van der Waals surface area contributed by atoms with Crippen molar-refractivity contribution in [3.63, 3.8) is 0 Å². The van der Waals surface area contributed by atoms with E-state index in [0.717, 1.165) is 42.6 Å². The van der Waals surface area contributed by atoms with Gasteiger partial charge in [0, 0.05) is 12.1 Å². The van der Waals surface area contributed by atoms with E-state index >= 15 is 0 Å². The molecule has 0 fully saturated rings. The van der Waals surface area contributed by atoms with Crippen molar-refractivity contribution >= 4 is 11.7 Å². The summed E-state index contributed by atoms with van der Waals surface area (Å²) < 4.78 is 7.61. The van der Waals surface area contributed by atoms with Crippen LogP contribution >= 0.6 is 0 Å². The van der Waals surface area contributed by atoms with Crippen molar-refractivity contribution in [2.75, 3.05) is 6.61 Å². The summed E-state index contributed by atoms with van der Waals surface area (Å²) in [5.74, 6) is 0.633. The number of Topliss-reactive ketones (excluding diaryl/α,β-unsaturated/α-hetero) is 1. The number of fused-ring (bicyclic) bond motifs is 1. The summed E-state index contributed by atoms with van der Waals surface area (Å²) in [6, 6.07) is 17.6. The number of nitrogens with one attached hydrogen (secondary N) is 1. The maximum absolute atomic E-state index is 12.3. The van der Waals surface area contributed by atoms with Crippen LogP contribution in [0.2, 0.25) is 0 Å². The molecule has 4 rings (SSSR count). The Kier molecular flexibility index (Phi) is 6.46. The average Bonchev–Trinajstić information content (AvgIpc) is 3.39. The van der Waals surface area contributed by atoms with E-state index in [1.807, 2.05) is 59.3 Å². The Morgan fingerprint density at radius 2 is 1.84 bits per heavy atom. The molecule has 1 heterocycles. The normalized spacial score (nSPS) is 12.4. The van der Waals surface area contributed by atoms with Gasteiger partial charge in [-0.15, -0.1) is 0 Å². The molecular formula is C25H27N3O3. The summed E-state index contributed by atoms with van der Waals surface area (Å²) in [4.78, 5) is 23.4. The van der Waals surface area contributed by atoms with Gasteiger partial charge in [0.2, 0.25) is 0 Å². The predicted molar refractivity (Wildman–Crippen MR) is 118 cm³/mol. The van der Waals surface area contributed by atoms with Crippen molar-refractivity contribution in [2.24, 2.45) is 0 Å². The van der Waals surface area contributed by atoms with E-state index in [4.69, 9.17) is 9.84 Å². The molecule has 0 saturated heterocycles. The van der Waals surface area contributed by atoms with Gasteiger partial charge in [0.25, 0.3) is 5.91 Å². The van der Waals surface area contributed by atoms with Crippen molar-refractivity contribution in [3.8, 4) is 11.4 Å². The Labute approximate surface area is 182 Å². The number of carbonyl (C=O) groups excluding carboxylic acids is 2. The lowest BCUT2D eigenvalue weighted by Gasteiger charge is -2.08. The smallest absolute Gasteiger partial charge is 0.258 e. The molecule has 1 aromatic heterocycles. The molecule has 31 heavy (non-hydrogen) atoms. The number of para-hydroxylation sites is 1. The van der Waals surface area contributed by atoms with Crippen molar-refractivity contribution in [1.82, 2.24) is 15.1 Å². The summed E-state index contributed by atoms with van der Waals surface area (Å²) in [5.41, 5.74) is 5.56. The maximum atomic E-state index is 12.3. The van der Waals surface area contributed by atoms with Gasteiger partial charge in [0.15, 0.2) is 6.61 Å². The zero-order valence-electron chi connectivity index (χ0n) is 17.8. The highest BCUT2D eigenvalue weighted by Crippen LogP contribution is 2.27. The van der Waals surface area contributed by atoms with Crippen molar-refractivity contribution in [2.45, 2.75) is 45.6 Å². The fourth-order valence-corrected chi connectivity index (χ4v) is 3.89. The van der Waals surface area contributed by atoms with Crippen molar-refractivity contribution in [1.29, 1.82) is 0 Å². The number of benzene rings is 2. The average molecular weight is 418 g/mol. The van der Waals surface area contributed by atoms with Crippen LogP contribution in [0.3, 0.4) is 0 Å². The molecule has 0 radical (unpaired) electrons. The molecule has 0 aliphatic heterocycles. The molecule has 0 atom stereocenters. The number of nitrogens with zero attached hydrogens (tertiary/aromatic N) is 2. The fourth-order valence-electron chi connectivity index (χ4n) is 3.89. The van der Waals surface area contributed by atoms with Gasteiger partial charge in [-0.05, 0) is 68.0 Å². The first-order valence-corrected chi connectivity index (χ1v) is 10.7. The molecule has 160 valence electrons. The fraction of sp³-hybridized carbons (Fsp3) is 0.320. The van der Waals surface area contributed by atoms with Crippen LogP contribution in [-0.2, 0) is 35.4 Å². The Bertz CT molecular complexity index is 1060. The van der Waals surface area contributed by atoms with E-state index in [2.05, 4.69) is 5.32 Å². The van der Waals surface area contributed by atoms with Crippen LogP contribution in [0.5, 0.6) is 5.75 Å². The maximum Gasteiger partial charge on any atom is 0.258 e. The Hall–Kier alpha value is -3.41. The molecule has 6 heteroatoms. The Morgan fingerprint density at radius 1 is 1.06 bits per heavy atom. The van der Waals surface area contributed by atoms with Crippen LogP contribution in [0.1, 0.15) is 42.3 Å². The van der Waals surface area contributed by atoms with Gasteiger partial charge in [0.1, 0.15) is 11.5 Å². The molecule has 1 aliphatic rings. The standard InChI is InChI=1S/C25H27N3O3/c1-18(29)10-11-19-12-14-21(15-13-19)31-17-25(30)26-16-23-22-8-5-9-24(22)28(27-23)20-6-3-2-4-7-20/h2-4,6-7,12-15H,5,8-11,16-17H2,1H3,(H,26,30). The molecule has 0 bridgehead atoms. The predicted octanol–water partition coefficient (Wildman–Crippen LogP) is 3.58. The van der Waals surface area contributed by atoms with Crippen LogP contribution in [0, 0.1) is 0 Å². The molecule has 0 unspecified atom stereocenters. The number of rotatable bonds is 9.